The molecule has 1 aliphatic heterocycles. The summed E-state index contributed by atoms with van der Waals surface area (Å²) in [6, 6.07) is 4.36. The van der Waals surface area contributed by atoms with Crippen LogP contribution in [-0.2, 0) is 0 Å². The average Bonchev–Trinajstić information content (AvgIpc) is 2.81. The lowest BCUT2D eigenvalue weighted by Gasteiger charge is -2.06. The van der Waals surface area contributed by atoms with Crippen LogP contribution in [0.1, 0.15) is 26.3 Å². The van der Waals surface area contributed by atoms with Crippen LogP contribution in [0.3, 0.4) is 0 Å². The second kappa shape index (κ2) is 4.14. The zero-order valence-corrected chi connectivity index (χ0v) is 8.43. The molecule has 0 bridgehead atoms. The first-order chi connectivity index (χ1) is 7.72. The Kier molecular flexibility index (Phi) is 2.68. The van der Waals surface area contributed by atoms with Crippen molar-refractivity contribution in [1.29, 1.82) is 0 Å². The zero-order chi connectivity index (χ0) is 11.5. The average molecular weight is 218 g/mol. The molecule has 1 aromatic rings. The van der Waals surface area contributed by atoms with Crippen molar-refractivity contribution in [2.24, 2.45) is 4.99 Å². The predicted molar refractivity (Wildman–Crippen MR) is 58.2 cm³/mol. The lowest BCUT2D eigenvalue weighted by atomic mass is 10.0. The van der Waals surface area contributed by atoms with Gasteiger partial charge in [0.05, 0.1) is 12.1 Å². The number of rotatable bonds is 3. The molecule has 0 unspecified atom stereocenters. The highest BCUT2D eigenvalue weighted by Gasteiger charge is 2.14. The number of nitrogens with zero attached hydrogens (tertiary/aromatic N) is 1. The summed E-state index contributed by atoms with van der Waals surface area (Å²) in [7, 11) is 0. The molecule has 0 aromatic heterocycles. The third-order valence-corrected chi connectivity index (χ3v) is 2.36. The molecular formula is C11H10N2O3. The van der Waals surface area contributed by atoms with Gasteiger partial charge in [-0.15, -0.1) is 0 Å². The van der Waals surface area contributed by atoms with Crippen LogP contribution in [0.5, 0.6) is 0 Å². The van der Waals surface area contributed by atoms with E-state index in [1.54, 1.807) is 0 Å². The van der Waals surface area contributed by atoms with E-state index in [0.717, 1.165) is 0 Å². The largest absolute Gasteiger partial charge is 0.478 e. The fraction of sp³-hybridized carbons (Fsp3) is 0.182. The number of carboxylic acids is 1. The highest BCUT2D eigenvalue weighted by atomic mass is 16.4. The van der Waals surface area contributed by atoms with Gasteiger partial charge in [0.25, 0.3) is 0 Å². The van der Waals surface area contributed by atoms with Gasteiger partial charge < -0.3 is 10.4 Å². The number of benzene rings is 1. The number of carbonyl (C=O) groups excluding carboxylic acids is 1. The van der Waals surface area contributed by atoms with E-state index in [9.17, 15) is 9.59 Å². The summed E-state index contributed by atoms with van der Waals surface area (Å²) in [4.78, 5) is 25.8. The number of hydrogen-bond donors (Lipinski definition) is 2. The lowest BCUT2D eigenvalue weighted by Crippen LogP contribution is -2.21. The molecule has 0 spiro atoms. The fourth-order valence-corrected chi connectivity index (χ4v) is 1.58. The molecule has 0 fully saturated rings. The molecule has 1 heterocycles. The Morgan fingerprint density at radius 3 is 2.88 bits per heavy atom. The molecule has 16 heavy (non-hydrogen) atoms. The van der Waals surface area contributed by atoms with Crippen molar-refractivity contribution >= 4 is 18.1 Å². The number of hydrogen-bond acceptors (Lipinski definition) is 4. The highest BCUT2D eigenvalue weighted by Crippen LogP contribution is 2.12. The van der Waals surface area contributed by atoms with Crippen LogP contribution in [0, 0.1) is 0 Å². The number of carboxylic acid groups (broad SMARTS) is 1. The fourth-order valence-electron chi connectivity index (χ4n) is 1.58. The minimum atomic E-state index is -1.02. The van der Waals surface area contributed by atoms with Crippen molar-refractivity contribution < 1.29 is 14.7 Å². The van der Waals surface area contributed by atoms with Gasteiger partial charge in [-0.1, -0.05) is 6.07 Å². The Balaban J connectivity index is 2.51. The van der Waals surface area contributed by atoms with Gasteiger partial charge in [-0.05, 0) is 12.1 Å². The summed E-state index contributed by atoms with van der Waals surface area (Å²) in [5, 5.41) is 11.9. The number of carbonyl (C=O) groups is 2. The summed E-state index contributed by atoms with van der Waals surface area (Å²) in [6.45, 7) is 1.36. The molecule has 1 aromatic carbocycles. The molecule has 0 radical (unpaired) electrons. The van der Waals surface area contributed by atoms with Gasteiger partial charge in [-0.3, -0.25) is 9.79 Å². The third-order valence-electron chi connectivity index (χ3n) is 2.36. The van der Waals surface area contributed by atoms with E-state index in [1.165, 1.54) is 18.2 Å². The van der Waals surface area contributed by atoms with E-state index in [-0.39, 0.29) is 5.56 Å². The predicted octanol–water partition coefficient (Wildman–Crippen LogP) is 0.547. The van der Waals surface area contributed by atoms with Crippen LogP contribution >= 0.6 is 0 Å². The SMILES string of the molecule is O=Cc1ccc(C(=O)O)cc1C1=NCCN1. The normalized spacial score (nSPS) is 14.1. The van der Waals surface area contributed by atoms with E-state index in [2.05, 4.69) is 10.3 Å². The quantitative estimate of drug-likeness (QED) is 0.726. The first kappa shape index (κ1) is 10.4. The topological polar surface area (TPSA) is 78.8 Å². The number of aldehydes is 1. The van der Waals surface area contributed by atoms with Crippen molar-refractivity contribution in [3.05, 3.63) is 34.9 Å². The van der Waals surface area contributed by atoms with Crippen LogP contribution in [0.4, 0.5) is 0 Å². The van der Waals surface area contributed by atoms with Gasteiger partial charge >= 0.3 is 5.97 Å². The first-order valence-electron chi connectivity index (χ1n) is 4.83. The van der Waals surface area contributed by atoms with Gasteiger partial charge in [0.1, 0.15) is 5.84 Å². The molecule has 2 rings (SSSR count). The van der Waals surface area contributed by atoms with Crippen molar-refractivity contribution in [2.75, 3.05) is 13.1 Å². The molecule has 1 aliphatic rings. The lowest BCUT2D eigenvalue weighted by molar-refractivity contribution is 0.0696. The van der Waals surface area contributed by atoms with Gasteiger partial charge in [-0.25, -0.2) is 4.79 Å². The Hall–Kier alpha value is -2.17. The number of aromatic carboxylic acids is 1. The van der Waals surface area contributed by atoms with Gasteiger partial charge in [0.2, 0.25) is 0 Å². The van der Waals surface area contributed by atoms with Crippen LogP contribution in [-0.4, -0.2) is 36.3 Å². The van der Waals surface area contributed by atoms with E-state index in [0.29, 0.717) is 36.3 Å². The number of aliphatic imine (C=N–C) groups is 1. The Morgan fingerprint density at radius 1 is 1.50 bits per heavy atom. The minimum Gasteiger partial charge on any atom is -0.478 e. The molecular weight excluding hydrogens is 208 g/mol. The summed E-state index contributed by atoms with van der Waals surface area (Å²) in [5.41, 5.74) is 1.14. The minimum absolute atomic E-state index is 0.150. The standard InChI is InChI=1S/C11H10N2O3/c14-6-8-2-1-7(11(15)16)5-9(8)10-12-3-4-13-10/h1-2,5-6H,3-4H2,(H,12,13)(H,15,16). The van der Waals surface area contributed by atoms with Gasteiger partial charge in [0.15, 0.2) is 6.29 Å². The highest BCUT2D eigenvalue weighted by molar-refractivity contribution is 6.07. The third kappa shape index (κ3) is 1.79. The van der Waals surface area contributed by atoms with Crippen LogP contribution in [0.2, 0.25) is 0 Å². The molecule has 5 nitrogen and oxygen atoms in total. The van der Waals surface area contributed by atoms with E-state index in [1.807, 2.05) is 0 Å². The molecule has 2 N–H and O–H groups in total. The monoisotopic (exact) mass is 218 g/mol. The summed E-state index contributed by atoms with van der Waals surface area (Å²) >= 11 is 0. The molecule has 5 heteroatoms. The number of nitrogens with one attached hydrogen (secondary N) is 1. The van der Waals surface area contributed by atoms with E-state index in [4.69, 9.17) is 5.11 Å². The molecule has 0 saturated carbocycles. The van der Waals surface area contributed by atoms with Gasteiger partial charge in [0, 0.05) is 17.7 Å². The number of amidine groups is 1. The summed E-state index contributed by atoms with van der Waals surface area (Å²) in [6.07, 6.45) is 0.698. The first-order valence-corrected chi connectivity index (χ1v) is 4.83. The maximum absolute atomic E-state index is 10.8. The Morgan fingerprint density at radius 2 is 2.31 bits per heavy atom. The van der Waals surface area contributed by atoms with Crippen molar-refractivity contribution in [1.82, 2.24) is 5.32 Å². The van der Waals surface area contributed by atoms with Crippen LogP contribution in [0.15, 0.2) is 23.2 Å². The van der Waals surface area contributed by atoms with Crippen LogP contribution in [0.25, 0.3) is 0 Å². The second-order valence-corrected chi connectivity index (χ2v) is 3.38. The maximum atomic E-state index is 10.8. The Bertz CT molecular complexity index is 480. The molecule has 0 saturated heterocycles. The smallest absolute Gasteiger partial charge is 0.335 e. The van der Waals surface area contributed by atoms with E-state index < -0.39 is 5.97 Å². The second-order valence-electron chi connectivity index (χ2n) is 3.38. The molecule has 0 atom stereocenters. The van der Waals surface area contributed by atoms with E-state index >= 15 is 0 Å². The van der Waals surface area contributed by atoms with Crippen LogP contribution < -0.4 is 5.32 Å². The Labute approximate surface area is 91.8 Å². The van der Waals surface area contributed by atoms with Crippen molar-refractivity contribution in [3.8, 4) is 0 Å². The van der Waals surface area contributed by atoms with Crippen molar-refractivity contribution in [2.45, 2.75) is 0 Å². The summed E-state index contributed by atoms with van der Waals surface area (Å²) < 4.78 is 0. The summed E-state index contributed by atoms with van der Waals surface area (Å²) in [5.74, 6) is -0.428. The maximum Gasteiger partial charge on any atom is 0.335 e. The molecule has 0 amide bonds. The molecule has 0 aliphatic carbocycles. The van der Waals surface area contributed by atoms with Crippen molar-refractivity contribution in [3.63, 3.8) is 0 Å². The zero-order valence-electron chi connectivity index (χ0n) is 8.43. The van der Waals surface area contributed by atoms with Gasteiger partial charge in [-0.2, -0.15) is 0 Å². The molecule has 82 valence electrons.